The third kappa shape index (κ3) is 6.12. The van der Waals surface area contributed by atoms with Crippen molar-refractivity contribution < 1.29 is 42.2 Å². The van der Waals surface area contributed by atoms with E-state index in [1.54, 1.807) is 30.3 Å². The highest BCUT2D eigenvalue weighted by Gasteiger charge is 2.57. The van der Waals surface area contributed by atoms with Crippen LogP contribution in [0.25, 0.3) is 0 Å². The van der Waals surface area contributed by atoms with Crippen molar-refractivity contribution in [3.05, 3.63) is 35.9 Å². The van der Waals surface area contributed by atoms with Crippen molar-refractivity contribution in [1.82, 2.24) is 15.5 Å². The number of halogens is 3. The zero-order valence-electron chi connectivity index (χ0n) is 20.3. The van der Waals surface area contributed by atoms with Crippen LogP contribution in [0.4, 0.5) is 13.2 Å². The molecule has 9 nitrogen and oxygen atoms in total. The average Bonchev–Trinajstić information content (AvgIpc) is 3.31. The van der Waals surface area contributed by atoms with E-state index in [0.29, 0.717) is 24.9 Å². The van der Waals surface area contributed by atoms with Gasteiger partial charge in [0, 0.05) is 19.0 Å². The molecule has 1 aliphatic carbocycles. The second kappa shape index (κ2) is 10.1. The maximum Gasteiger partial charge on any atom is 0.522 e. The van der Waals surface area contributed by atoms with Gasteiger partial charge in [-0.05, 0) is 50.0 Å². The number of likely N-dealkylation sites (tertiary alicyclic amines) is 1. The maximum absolute atomic E-state index is 13.5. The highest BCUT2D eigenvalue weighted by Crippen LogP contribution is 2.55. The lowest BCUT2D eigenvalue weighted by atomic mass is 9.93. The van der Waals surface area contributed by atoms with Gasteiger partial charge >= 0.3 is 6.36 Å². The molecule has 2 saturated heterocycles. The highest BCUT2D eigenvalue weighted by atomic mass is 19.4. The summed E-state index contributed by atoms with van der Waals surface area (Å²) in [6, 6.07) is 5.83. The quantitative estimate of drug-likeness (QED) is 0.448. The molecule has 2 aliphatic heterocycles. The minimum atomic E-state index is -5.04. The summed E-state index contributed by atoms with van der Waals surface area (Å²) in [6.45, 7) is 0.632. The van der Waals surface area contributed by atoms with Crippen LogP contribution in [0.5, 0.6) is 0 Å². The van der Waals surface area contributed by atoms with E-state index in [4.69, 9.17) is 0 Å². The molecule has 3 fully saturated rings. The number of amides is 3. The van der Waals surface area contributed by atoms with Gasteiger partial charge in [-0.15, -0.1) is 13.2 Å². The predicted molar refractivity (Wildman–Crippen MR) is 122 cm³/mol. The van der Waals surface area contributed by atoms with Crippen LogP contribution in [-0.4, -0.2) is 71.7 Å². The molecule has 3 amide bonds. The third-order valence-corrected chi connectivity index (χ3v) is 7.55. The van der Waals surface area contributed by atoms with Crippen LogP contribution >= 0.6 is 0 Å². The predicted octanol–water partition coefficient (Wildman–Crippen LogP) is 1.39. The summed E-state index contributed by atoms with van der Waals surface area (Å²) in [5.74, 6) is -3.43. The minimum Gasteiger partial charge on any atom is -0.376 e. The summed E-state index contributed by atoms with van der Waals surface area (Å²) in [6.07, 6.45) is -2.97. The molecule has 1 saturated carbocycles. The molecule has 1 aromatic rings. The number of alkyl halides is 3. The highest BCUT2D eigenvalue weighted by molar-refractivity contribution is 5.96. The van der Waals surface area contributed by atoms with Gasteiger partial charge in [0.25, 0.3) is 5.91 Å². The second-order valence-electron chi connectivity index (χ2n) is 10.4. The average molecular weight is 526 g/mol. The van der Waals surface area contributed by atoms with Gasteiger partial charge in [0.1, 0.15) is 12.6 Å². The Morgan fingerprint density at radius 3 is 2.49 bits per heavy atom. The van der Waals surface area contributed by atoms with E-state index in [1.807, 2.05) is 0 Å². The Balaban J connectivity index is 1.52. The van der Waals surface area contributed by atoms with Crippen molar-refractivity contribution >= 4 is 23.5 Å². The Morgan fingerprint density at radius 1 is 1.24 bits per heavy atom. The largest absolute Gasteiger partial charge is 0.522 e. The molecule has 0 aromatic heterocycles. The maximum atomic E-state index is 13.5. The smallest absolute Gasteiger partial charge is 0.376 e. The van der Waals surface area contributed by atoms with Crippen LogP contribution in [0.2, 0.25) is 0 Å². The van der Waals surface area contributed by atoms with Crippen molar-refractivity contribution in [3.63, 3.8) is 0 Å². The van der Waals surface area contributed by atoms with Gasteiger partial charge in [-0.25, -0.2) is 0 Å². The number of aliphatic hydroxyl groups is 1. The van der Waals surface area contributed by atoms with Crippen molar-refractivity contribution in [2.45, 2.75) is 63.1 Å². The van der Waals surface area contributed by atoms with E-state index in [9.17, 15) is 37.5 Å². The zero-order valence-corrected chi connectivity index (χ0v) is 20.3. The molecular formula is C25H30F3N3O6. The number of hydrogen-bond acceptors (Lipinski definition) is 6. The Hall–Kier alpha value is -2.99. The summed E-state index contributed by atoms with van der Waals surface area (Å²) in [7, 11) is 0. The fourth-order valence-electron chi connectivity index (χ4n) is 5.16. The van der Waals surface area contributed by atoms with E-state index in [-0.39, 0.29) is 24.3 Å². The van der Waals surface area contributed by atoms with Crippen molar-refractivity contribution in [2.75, 3.05) is 19.7 Å². The fourth-order valence-corrected chi connectivity index (χ4v) is 5.16. The summed E-state index contributed by atoms with van der Waals surface area (Å²) >= 11 is 0. The molecule has 37 heavy (non-hydrogen) atoms. The summed E-state index contributed by atoms with van der Waals surface area (Å²) in [5, 5.41) is 16.2. The molecule has 0 bridgehead atoms. The molecule has 1 spiro atoms. The van der Waals surface area contributed by atoms with E-state index in [1.165, 1.54) is 11.8 Å². The summed E-state index contributed by atoms with van der Waals surface area (Å²) in [5.41, 5.74) is -1.84. The molecule has 2 heterocycles. The molecule has 4 atom stereocenters. The van der Waals surface area contributed by atoms with Crippen LogP contribution in [0, 0.1) is 11.3 Å². The van der Waals surface area contributed by atoms with E-state index < -0.39 is 54.2 Å². The lowest BCUT2D eigenvalue weighted by Crippen LogP contribution is -2.55. The van der Waals surface area contributed by atoms with Crippen molar-refractivity contribution in [1.29, 1.82) is 0 Å². The molecule has 3 N–H and O–H groups in total. The number of benzene rings is 1. The van der Waals surface area contributed by atoms with Crippen LogP contribution in [0.3, 0.4) is 0 Å². The monoisotopic (exact) mass is 525 g/mol. The number of hydrogen-bond donors (Lipinski definition) is 3. The number of Topliss-reactive ketones (excluding diaryl/α,β-unsaturated/α-hetero) is 1. The number of rotatable bonds is 9. The Morgan fingerprint density at radius 2 is 1.92 bits per heavy atom. The van der Waals surface area contributed by atoms with Gasteiger partial charge in [0.15, 0.2) is 11.4 Å². The van der Waals surface area contributed by atoms with Gasteiger partial charge < -0.3 is 20.6 Å². The summed E-state index contributed by atoms with van der Waals surface area (Å²) in [4.78, 5) is 52.9. The number of ketones is 1. The zero-order chi connectivity index (χ0) is 27.0. The molecule has 4 rings (SSSR count). The number of nitrogens with zero attached hydrogens (tertiary/aromatic N) is 1. The topological polar surface area (TPSA) is 125 Å². The first kappa shape index (κ1) is 27.1. The molecule has 1 aromatic carbocycles. The fraction of sp³-hybridized carbons (Fsp3) is 0.600. The molecule has 3 aliphatic rings. The molecule has 202 valence electrons. The third-order valence-electron chi connectivity index (χ3n) is 7.55. The van der Waals surface area contributed by atoms with Crippen LogP contribution in [0.15, 0.2) is 30.3 Å². The lowest BCUT2D eigenvalue weighted by Gasteiger charge is -2.32. The van der Waals surface area contributed by atoms with Crippen LogP contribution in [0.1, 0.15) is 44.6 Å². The van der Waals surface area contributed by atoms with Crippen molar-refractivity contribution in [3.8, 4) is 0 Å². The first-order valence-corrected chi connectivity index (χ1v) is 12.2. The van der Waals surface area contributed by atoms with E-state index in [2.05, 4.69) is 15.4 Å². The van der Waals surface area contributed by atoms with Gasteiger partial charge in [-0.3, -0.25) is 23.9 Å². The van der Waals surface area contributed by atoms with Crippen molar-refractivity contribution in [2.24, 2.45) is 11.3 Å². The Bertz CT molecular complexity index is 1060. The molecule has 0 radical (unpaired) electrons. The first-order valence-electron chi connectivity index (χ1n) is 12.2. The van der Waals surface area contributed by atoms with Gasteiger partial charge in [-0.1, -0.05) is 30.3 Å². The first-order chi connectivity index (χ1) is 17.3. The minimum absolute atomic E-state index is 0.189. The number of ether oxygens (including phenoxy) is 1. The second-order valence-corrected chi connectivity index (χ2v) is 10.4. The van der Waals surface area contributed by atoms with E-state index in [0.717, 1.165) is 12.8 Å². The Kier molecular flexibility index (Phi) is 7.35. The summed E-state index contributed by atoms with van der Waals surface area (Å²) < 4.78 is 41.3. The SMILES string of the molecule is C[C@](O)(C(=O)N1CC2(CC2)C[C@H]1C(=O)N[C@@H](C[C@@H]1CCNC1=O)C(=O)COC(F)(F)F)c1ccccc1. The van der Waals surface area contributed by atoms with Gasteiger partial charge in [0.05, 0.1) is 6.04 Å². The van der Waals surface area contributed by atoms with E-state index >= 15 is 0 Å². The lowest BCUT2D eigenvalue weighted by molar-refractivity contribution is -0.321. The number of carbonyl (C=O) groups is 4. The molecular weight excluding hydrogens is 495 g/mol. The van der Waals surface area contributed by atoms with Gasteiger partial charge in [-0.2, -0.15) is 0 Å². The number of nitrogens with one attached hydrogen (secondary N) is 2. The van der Waals surface area contributed by atoms with Crippen LogP contribution < -0.4 is 10.6 Å². The Labute approximate surface area is 211 Å². The number of carbonyl (C=O) groups excluding carboxylic acids is 4. The normalized spacial score (nSPS) is 24.9. The molecule has 0 unspecified atom stereocenters. The standard InChI is InChI=1S/C25H30F3N3O6/c1-23(36,16-5-3-2-4-6-16)22(35)31-14-24(8-9-24)12-18(31)21(34)30-17(11-15-7-10-29-20(15)33)19(32)13-37-25(26,27)28/h2-6,15,17-18,36H,7-14H2,1H3,(H,29,33)(H,30,34)/t15-,17-,18-,23+/m0/s1. The molecule has 12 heteroatoms. The van der Waals surface area contributed by atoms with Crippen LogP contribution in [-0.2, 0) is 29.5 Å². The van der Waals surface area contributed by atoms with Gasteiger partial charge in [0.2, 0.25) is 11.8 Å².